The van der Waals surface area contributed by atoms with Gasteiger partial charge in [-0.25, -0.2) is 23.1 Å². The van der Waals surface area contributed by atoms with E-state index in [1.165, 1.54) is 28.8 Å². The Labute approximate surface area is 244 Å². The Bertz CT molecular complexity index is 1980. The lowest BCUT2D eigenvalue weighted by Crippen LogP contribution is -2.54. The van der Waals surface area contributed by atoms with Gasteiger partial charge in [0.15, 0.2) is 11.5 Å². The van der Waals surface area contributed by atoms with E-state index in [9.17, 15) is 9.59 Å². The Morgan fingerprint density at radius 3 is 2.67 bits per heavy atom. The summed E-state index contributed by atoms with van der Waals surface area (Å²) < 4.78 is 32.8. The highest BCUT2D eigenvalue weighted by atomic mass is 19.1. The zero-order valence-corrected chi connectivity index (χ0v) is 24.1. The first-order valence-electron chi connectivity index (χ1n) is 13.9. The highest BCUT2D eigenvalue weighted by Crippen LogP contribution is 2.35. The van der Waals surface area contributed by atoms with Crippen LogP contribution in [0.3, 0.4) is 0 Å². The van der Waals surface area contributed by atoms with Crippen LogP contribution in [0.4, 0.5) is 14.6 Å². The van der Waals surface area contributed by atoms with E-state index in [1.54, 1.807) is 17.2 Å². The summed E-state index contributed by atoms with van der Waals surface area (Å²) in [4.78, 5) is 43.5. The van der Waals surface area contributed by atoms with Crippen LogP contribution in [0.15, 0.2) is 47.9 Å². The number of halogens is 2. The monoisotopic (exact) mass is 585 g/mol. The van der Waals surface area contributed by atoms with Crippen LogP contribution in [0.25, 0.3) is 39.0 Å². The number of benzene rings is 1. The van der Waals surface area contributed by atoms with Gasteiger partial charge in [-0.2, -0.15) is 4.98 Å². The Kier molecular flexibility index (Phi) is 6.95. The van der Waals surface area contributed by atoms with E-state index in [-0.39, 0.29) is 51.5 Å². The van der Waals surface area contributed by atoms with Crippen LogP contribution in [0.1, 0.15) is 37.9 Å². The van der Waals surface area contributed by atoms with Crippen LogP contribution >= 0.6 is 0 Å². The third kappa shape index (κ3) is 4.60. The third-order valence-electron chi connectivity index (χ3n) is 7.80. The molecule has 0 spiro atoms. The number of H-pyrrole nitrogens is 1. The first-order chi connectivity index (χ1) is 20.6. The van der Waals surface area contributed by atoms with E-state index in [0.29, 0.717) is 36.5 Å². The Morgan fingerprint density at radius 2 is 1.95 bits per heavy atom. The molecule has 1 aromatic carbocycles. The van der Waals surface area contributed by atoms with Crippen LogP contribution < -0.4 is 10.6 Å². The molecule has 5 aromatic rings. The van der Waals surface area contributed by atoms with Crippen molar-refractivity contribution in [1.29, 1.82) is 0 Å². The molecule has 43 heavy (non-hydrogen) atoms. The standard InChI is InChI=1S/C30H29F2N9O2/c1-6-22(42)39-11-12-40(17(5)14-39)28-18-13-20(32)25(23-19(31)7-8-21-26(23)37-38-36-21)34-29(18)41(30(43)35-28)27-16(4)9-10-33-24(27)15(2)3/h6-10,13,15,17H,1,11-12,14H2,2-5H3,(H,36,37,38)/t17-/m0/s1. The largest absolute Gasteiger partial charge is 0.355 e. The quantitative estimate of drug-likeness (QED) is 0.306. The maximum atomic E-state index is 16.1. The Balaban J connectivity index is 1.67. The fraction of sp³-hybridized carbons (Fsp3) is 0.300. The predicted octanol–water partition coefficient (Wildman–Crippen LogP) is 4.05. The van der Waals surface area contributed by atoms with Gasteiger partial charge in [0.05, 0.1) is 27.8 Å². The zero-order chi connectivity index (χ0) is 30.6. The number of aromatic amines is 1. The number of nitrogens with zero attached hydrogens (tertiary/aromatic N) is 8. The van der Waals surface area contributed by atoms with Crippen molar-refractivity contribution in [3.05, 3.63) is 76.5 Å². The van der Waals surface area contributed by atoms with E-state index >= 15 is 8.78 Å². The van der Waals surface area contributed by atoms with Crippen molar-refractivity contribution in [3.63, 3.8) is 0 Å². The highest BCUT2D eigenvalue weighted by molar-refractivity contribution is 5.95. The molecule has 1 N–H and O–H groups in total. The molecule has 0 saturated carbocycles. The minimum atomic E-state index is -0.818. The number of aromatic nitrogens is 7. The van der Waals surface area contributed by atoms with E-state index in [0.717, 1.165) is 5.56 Å². The van der Waals surface area contributed by atoms with Crippen LogP contribution in [-0.2, 0) is 4.79 Å². The highest BCUT2D eigenvalue weighted by Gasteiger charge is 2.31. The van der Waals surface area contributed by atoms with Crippen molar-refractivity contribution in [3.8, 4) is 16.9 Å². The normalized spacial score (nSPS) is 15.6. The smallest absolute Gasteiger partial charge is 0.350 e. The average Bonchev–Trinajstić information content (AvgIpc) is 3.46. The van der Waals surface area contributed by atoms with Crippen molar-refractivity contribution in [2.75, 3.05) is 24.5 Å². The zero-order valence-electron chi connectivity index (χ0n) is 24.1. The minimum absolute atomic E-state index is 0.0748. The van der Waals surface area contributed by atoms with Gasteiger partial charge in [-0.05, 0) is 55.7 Å². The van der Waals surface area contributed by atoms with Crippen molar-refractivity contribution in [2.24, 2.45) is 0 Å². The molecule has 1 aliphatic heterocycles. The summed E-state index contributed by atoms with van der Waals surface area (Å²) in [5.41, 5.74) is 1.32. The molecule has 11 nitrogen and oxygen atoms in total. The van der Waals surface area contributed by atoms with Crippen LogP contribution in [-0.4, -0.2) is 71.4 Å². The number of anilines is 1. The lowest BCUT2D eigenvalue weighted by Gasteiger charge is -2.40. The van der Waals surface area contributed by atoms with Crippen LogP contribution in [0.2, 0.25) is 0 Å². The number of carbonyl (C=O) groups excluding carboxylic acids is 1. The molecule has 13 heteroatoms. The van der Waals surface area contributed by atoms with Gasteiger partial charge in [0.1, 0.15) is 22.8 Å². The van der Waals surface area contributed by atoms with Crippen molar-refractivity contribution < 1.29 is 13.6 Å². The third-order valence-corrected chi connectivity index (χ3v) is 7.80. The molecule has 6 rings (SSSR count). The fourth-order valence-corrected chi connectivity index (χ4v) is 5.71. The molecule has 1 aliphatic rings. The molecular weight excluding hydrogens is 556 g/mol. The topological polar surface area (TPSA) is 126 Å². The summed E-state index contributed by atoms with van der Waals surface area (Å²) in [6, 6.07) is 5.34. The molecule has 1 atom stereocenters. The number of piperazine rings is 1. The van der Waals surface area contributed by atoms with Crippen LogP contribution in [0, 0.1) is 18.6 Å². The lowest BCUT2D eigenvalue weighted by molar-refractivity contribution is -0.126. The number of nitrogens with one attached hydrogen (secondary N) is 1. The summed E-state index contributed by atoms with van der Waals surface area (Å²) in [5.74, 6) is -1.60. The number of pyridine rings is 2. The van der Waals surface area contributed by atoms with Gasteiger partial charge in [0.2, 0.25) is 5.91 Å². The summed E-state index contributed by atoms with van der Waals surface area (Å²) in [5, 5.41) is 10.6. The maximum absolute atomic E-state index is 16.1. The SMILES string of the molecule is C=CC(=O)N1CCN(c2nc(=O)n(-c3c(C)ccnc3C(C)C)c3nc(-c4c(F)ccc5nn[nH]c45)c(F)cc23)[C@@H](C)C1. The molecular formula is C30H29F2N9O2. The van der Waals surface area contributed by atoms with Gasteiger partial charge in [0, 0.05) is 31.9 Å². The minimum Gasteiger partial charge on any atom is -0.350 e. The second-order valence-electron chi connectivity index (χ2n) is 10.9. The second-order valence-corrected chi connectivity index (χ2v) is 10.9. The first-order valence-corrected chi connectivity index (χ1v) is 13.9. The molecule has 0 radical (unpaired) electrons. The lowest BCUT2D eigenvalue weighted by atomic mass is 10.0. The van der Waals surface area contributed by atoms with Gasteiger partial charge in [-0.3, -0.25) is 14.9 Å². The van der Waals surface area contributed by atoms with E-state index in [1.807, 2.05) is 32.6 Å². The van der Waals surface area contributed by atoms with Crippen molar-refractivity contribution >= 4 is 33.8 Å². The maximum Gasteiger partial charge on any atom is 0.355 e. The fourth-order valence-electron chi connectivity index (χ4n) is 5.71. The molecule has 4 aromatic heterocycles. The average molecular weight is 586 g/mol. The predicted molar refractivity (Wildman–Crippen MR) is 158 cm³/mol. The summed E-state index contributed by atoms with van der Waals surface area (Å²) in [6.45, 7) is 12.2. The van der Waals surface area contributed by atoms with Crippen LogP contribution in [0.5, 0.6) is 0 Å². The Morgan fingerprint density at radius 1 is 1.16 bits per heavy atom. The van der Waals surface area contributed by atoms with Crippen molar-refractivity contribution in [2.45, 2.75) is 39.7 Å². The van der Waals surface area contributed by atoms with Gasteiger partial charge in [-0.1, -0.05) is 25.6 Å². The number of hydrogen-bond donors (Lipinski definition) is 1. The number of aryl methyl sites for hydroxylation is 1. The van der Waals surface area contributed by atoms with E-state index < -0.39 is 17.3 Å². The number of carbonyl (C=O) groups is 1. The van der Waals surface area contributed by atoms with E-state index in [2.05, 4.69) is 36.9 Å². The van der Waals surface area contributed by atoms with Gasteiger partial charge < -0.3 is 9.80 Å². The molecule has 1 fully saturated rings. The number of amides is 1. The summed E-state index contributed by atoms with van der Waals surface area (Å²) in [6.07, 6.45) is 2.92. The van der Waals surface area contributed by atoms with Gasteiger partial charge >= 0.3 is 5.69 Å². The van der Waals surface area contributed by atoms with Gasteiger partial charge in [0.25, 0.3) is 0 Å². The summed E-state index contributed by atoms with van der Waals surface area (Å²) >= 11 is 0. The summed E-state index contributed by atoms with van der Waals surface area (Å²) in [7, 11) is 0. The van der Waals surface area contributed by atoms with Crippen molar-refractivity contribution in [1.82, 2.24) is 39.8 Å². The second kappa shape index (κ2) is 10.6. The van der Waals surface area contributed by atoms with E-state index in [4.69, 9.17) is 0 Å². The molecule has 220 valence electrons. The molecule has 0 bridgehead atoms. The number of hydrogen-bond acceptors (Lipinski definition) is 8. The Hall–Kier alpha value is -5.07. The number of rotatable bonds is 5. The molecule has 0 aliphatic carbocycles. The molecule has 1 saturated heterocycles. The first kappa shape index (κ1) is 28.1. The molecule has 0 unspecified atom stereocenters. The molecule has 5 heterocycles. The number of fused-ring (bicyclic) bond motifs is 2. The van der Waals surface area contributed by atoms with Gasteiger partial charge in [-0.15, -0.1) is 5.10 Å². The molecule has 1 amide bonds.